The quantitative estimate of drug-likeness (QED) is 0.656. The third-order valence-corrected chi connectivity index (χ3v) is 6.59. The summed E-state index contributed by atoms with van der Waals surface area (Å²) in [6, 6.07) is 5.97. The Morgan fingerprint density at radius 2 is 1.85 bits per heavy atom. The molecule has 0 saturated carbocycles. The van der Waals surface area contributed by atoms with Gasteiger partial charge in [-0.05, 0) is 37.1 Å². The van der Waals surface area contributed by atoms with Crippen LogP contribution in [0.1, 0.15) is 43.5 Å². The number of sulfonamides is 1. The molecule has 2 amide bonds. The minimum Gasteiger partial charge on any atom is -0.352 e. The van der Waals surface area contributed by atoms with E-state index in [0.717, 1.165) is 13.0 Å². The van der Waals surface area contributed by atoms with Gasteiger partial charge in [0.1, 0.15) is 0 Å². The zero-order valence-corrected chi connectivity index (χ0v) is 16.2. The van der Waals surface area contributed by atoms with Crippen LogP contribution in [-0.4, -0.2) is 62.2 Å². The lowest BCUT2D eigenvalue weighted by molar-refractivity contribution is -0.127. The van der Waals surface area contributed by atoms with E-state index in [4.69, 9.17) is 0 Å². The second-order valence-corrected chi connectivity index (χ2v) is 8.15. The third-order valence-electron chi connectivity index (χ3n) is 4.52. The average molecular weight is 381 g/mol. The molecule has 1 aliphatic rings. The van der Waals surface area contributed by atoms with Crippen molar-refractivity contribution in [1.29, 1.82) is 0 Å². The molecule has 0 aromatic heterocycles. The fraction of sp³-hybridized carbons (Fsp3) is 0.556. The Balaban J connectivity index is 1.87. The van der Waals surface area contributed by atoms with Crippen LogP contribution in [0.5, 0.6) is 0 Å². The molecule has 0 unspecified atom stereocenters. The summed E-state index contributed by atoms with van der Waals surface area (Å²) in [5, 5.41) is 2.80. The number of carbonyl (C=O) groups excluding carboxylic acids is 2. The molecule has 1 aromatic carbocycles. The molecule has 1 aromatic rings. The first-order valence-corrected chi connectivity index (χ1v) is 10.5. The molecule has 1 heterocycles. The summed E-state index contributed by atoms with van der Waals surface area (Å²) in [4.78, 5) is 25.7. The number of hydrogen-bond acceptors (Lipinski definition) is 4. The highest BCUT2D eigenvalue weighted by atomic mass is 32.2. The maximum atomic E-state index is 12.4. The fourth-order valence-electron chi connectivity index (χ4n) is 3.01. The molecule has 1 aliphatic heterocycles. The van der Waals surface area contributed by atoms with Crippen molar-refractivity contribution in [3.05, 3.63) is 29.8 Å². The topological polar surface area (TPSA) is 86.8 Å². The summed E-state index contributed by atoms with van der Waals surface area (Å²) in [7, 11) is -3.52. The predicted octanol–water partition coefficient (Wildman–Crippen LogP) is 1.46. The molecule has 1 N–H and O–H groups in total. The van der Waals surface area contributed by atoms with Gasteiger partial charge in [-0.15, -0.1) is 0 Å². The largest absolute Gasteiger partial charge is 0.352 e. The minimum atomic E-state index is -3.52. The Labute approximate surface area is 155 Å². The van der Waals surface area contributed by atoms with Crippen molar-refractivity contribution in [2.75, 3.05) is 32.7 Å². The van der Waals surface area contributed by atoms with Gasteiger partial charge >= 0.3 is 0 Å². The van der Waals surface area contributed by atoms with Gasteiger partial charge < -0.3 is 10.2 Å². The lowest BCUT2D eigenvalue weighted by Crippen LogP contribution is -2.31. The molecule has 0 atom stereocenters. The zero-order valence-electron chi connectivity index (χ0n) is 15.4. The fourth-order valence-corrected chi connectivity index (χ4v) is 4.46. The molecular weight excluding hydrogens is 354 g/mol. The van der Waals surface area contributed by atoms with E-state index < -0.39 is 10.0 Å². The van der Waals surface area contributed by atoms with Crippen molar-refractivity contribution < 1.29 is 18.0 Å². The molecule has 2 rings (SSSR count). The maximum Gasteiger partial charge on any atom is 0.251 e. The Hall–Kier alpha value is -1.93. The van der Waals surface area contributed by atoms with Gasteiger partial charge in [0, 0.05) is 44.7 Å². The van der Waals surface area contributed by atoms with Crippen molar-refractivity contribution in [3.63, 3.8) is 0 Å². The summed E-state index contributed by atoms with van der Waals surface area (Å²) in [6.07, 6.45) is 2.23. The van der Waals surface area contributed by atoms with Crippen LogP contribution < -0.4 is 5.32 Å². The van der Waals surface area contributed by atoms with Crippen LogP contribution in [0.25, 0.3) is 0 Å². The van der Waals surface area contributed by atoms with E-state index in [1.54, 1.807) is 13.8 Å². The lowest BCUT2D eigenvalue weighted by atomic mass is 10.2. The van der Waals surface area contributed by atoms with Gasteiger partial charge in [0.2, 0.25) is 15.9 Å². The normalized spacial score (nSPS) is 14.9. The number of hydrogen-bond donors (Lipinski definition) is 1. The van der Waals surface area contributed by atoms with Crippen LogP contribution >= 0.6 is 0 Å². The Morgan fingerprint density at radius 1 is 1.19 bits per heavy atom. The standard InChI is InChI=1S/C18H27N3O4S/c1-3-21(4-2)26(24,25)16-10-8-15(9-11-16)18(23)19-12-6-14-20-13-5-7-17(20)22/h8-11H,3-7,12-14H2,1-2H3,(H,19,23). The molecule has 1 fully saturated rings. The molecule has 1 saturated heterocycles. The van der Waals surface area contributed by atoms with Crippen molar-refractivity contribution in [1.82, 2.24) is 14.5 Å². The molecule has 0 aliphatic carbocycles. The molecule has 7 nitrogen and oxygen atoms in total. The summed E-state index contributed by atoms with van der Waals surface area (Å²) >= 11 is 0. The molecule has 0 spiro atoms. The zero-order chi connectivity index (χ0) is 19.2. The first-order chi connectivity index (χ1) is 12.4. The highest BCUT2D eigenvalue weighted by molar-refractivity contribution is 7.89. The van der Waals surface area contributed by atoms with Crippen LogP contribution in [-0.2, 0) is 14.8 Å². The molecule has 0 radical (unpaired) electrons. The van der Waals surface area contributed by atoms with Crippen molar-refractivity contribution in [2.45, 2.75) is 38.0 Å². The van der Waals surface area contributed by atoms with E-state index in [2.05, 4.69) is 5.32 Å². The summed E-state index contributed by atoms with van der Waals surface area (Å²) in [6.45, 7) is 6.32. The number of nitrogens with zero attached hydrogens (tertiary/aromatic N) is 2. The summed E-state index contributed by atoms with van der Waals surface area (Å²) < 4.78 is 26.2. The van der Waals surface area contributed by atoms with Crippen molar-refractivity contribution in [3.8, 4) is 0 Å². The Bertz CT molecular complexity index is 727. The minimum absolute atomic E-state index is 0.182. The van der Waals surface area contributed by atoms with Crippen LogP contribution in [0.15, 0.2) is 29.2 Å². The molecule has 26 heavy (non-hydrogen) atoms. The average Bonchev–Trinajstić information content (AvgIpc) is 3.04. The van der Waals surface area contributed by atoms with Gasteiger partial charge in [-0.25, -0.2) is 8.42 Å². The number of amides is 2. The highest BCUT2D eigenvalue weighted by Crippen LogP contribution is 2.16. The SMILES string of the molecule is CCN(CC)S(=O)(=O)c1ccc(C(=O)NCCCN2CCCC2=O)cc1. The van der Waals surface area contributed by atoms with E-state index in [1.165, 1.54) is 28.6 Å². The van der Waals surface area contributed by atoms with Crippen molar-refractivity contribution in [2.24, 2.45) is 0 Å². The van der Waals surface area contributed by atoms with Crippen LogP contribution in [0.2, 0.25) is 0 Å². The van der Waals surface area contributed by atoms with Gasteiger partial charge in [-0.1, -0.05) is 13.8 Å². The summed E-state index contributed by atoms with van der Waals surface area (Å²) in [5.41, 5.74) is 0.417. The predicted molar refractivity (Wildman–Crippen MR) is 99.3 cm³/mol. The number of carbonyl (C=O) groups is 2. The first-order valence-electron chi connectivity index (χ1n) is 9.06. The highest BCUT2D eigenvalue weighted by Gasteiger charge is 2.22. The van der Waals surface area contributed by atoms with Crippen LogP contribution in [0.4, 0.5) is 0 Å². The smallest absolute Gasteiger partial charge is 0.251 e. The summed E-state index contributed by atoms with van der Waals surface area (Å²) in [5.74, 6) is -0.0640. The lowest BCUT2D eigenvalue weighted by Gasteiger charge is -2.18. The van der Waals surface area contributed by atoms with Crippen LogP contribution in [0, 0.1) is 0 Å². The van der Waals surface area contributed by atoms with E-state index in [-0.39, 0.29) is 16.7 Å². The van der Waals surface area contributed by atoms with Gasteiger partial charge in [0.05, 0.1) is 4.90 Å². The number of rotatable bonds is 9. The Kier molecular flexibility index (Phi) is 7.16. The van der Waals surface area contributed by atoms with Gasteiger partial charge in [-0.3, -0.25) is 9.59 Å². The molecule has 8 heteroatoms. The molecular formula is C18H27N3O4S. The van der Waals surface area contributed by atoms with E-state index in [1.807, 2.05) is 4.90 Å². The maximum absolute atomic E-state index is 12.4. The van der Waals surface area contributed by atoms with Gasteiger partial charge in [0.25, 0.3) is 5.91 Å². The third kappa shape index (κ3) is 4.82. The Morgan fingerprint density at radius 3 is 2.38 bits per heavy atom. The second kappa shape index (κ2) is 9.14. The van der Waals surface area contributed by atoms with E-state index >= 15 is 0 Å². The van der Waals surface area contributed by atoms with E-state index in [0.29, 0.717) is 44.6 Å². The second-order valence-electron chi connectivity index (χ2n) is 6.21. The van der Waals surface area contributed by atoms with Gasteiger partial charge in [0.15, 0.2) is 0 Å². The number of benzene rings is 1. The van der Waals surface area contributed by atoms with Crippen LogP contribution in [0.3, 0.4) is 0 Å². The van der Waals surface area contributed by atoms with Crippen molar-refractivity contribution >= 4 is 21.8 Å². The number of nitrogens with one attached hydrogen (secondary N) is 1. The van der Waals surface area contributed by atoms with E-state index in [9.17, 15) is 18.0 Å². The number of likely N-dealkylation sites (tertiary alicyclic amines) is 1. The van der Waals surface area contributed by atoms with Gasteiger partial charge in [-0.2, -0.15) is 4.31 Å². The monoisotopic (exact) mass is 381 g/mol. The molecule has 144 valence electrons. The first kappa shape index (κ1) is 20.4. The molecule has 0 bridgehead atoms.